The molecule has 104 valence electrons. The van der Waals surface area contributed by atoms with Crippen molar-refractivity contribution in [3.8, 4) is 0 Å². The van der Waals surface area contributed by atoms with E-state index in [0.717, 1.165) is 18.4 Å². The Morgan fingerprint density at radius 1 is 1.28 bits per heavy atom. The Morgan fingerprint density at radius 3 is 2.72 bits per heavy atom. The highest BCUT2D eigenvalue weighted by Gasteiger charge is 2.33. The summed E-state index contributed by atoms with van der Waals surface area (Å²) < 4.78 is 31.7. The maximum absolute atomic E-state index is 11.5. The molecule has 18 heavy (non-hydrogen) atoms. The van der Waals surface area contributed by atoms with Gasteiger partial charge >= 0.3 is 14.6 Å². The molecule has 1 aliphatic heterocycles. The lowest BCUT2D eigenvalue weighted by atomic mass is 10.1. The highest BCUT2D eigenvalue weighted by atomic mass is 32.7. The standard InChI is InChI=1S/C9H16O6P2S/c1-9-5-3-2-4-7-14-16(10,11)15-17(12,13)18-8-6-9/h2,4H,1,3,5-8H2,(H,10,11)(H,12,13)/b4-2-. The predicted octanol–water partition coefficient (Wildman–Crippen LogP) is 3.25. The molecule has 6 nitrogen and oxygen atoms in total. The van der Waals surface area contributed by atoms with Crippen molar-refractivity contribution in [1.82, 2.24) is 0 Å². The summed E-state index contributed by atoms with van der Waals surface area (Å²) in [4.78, 5) is 18.6. The van der Waals surface area contributed by atoms with Gasteiger partial charge in [-0.25, -0.2) is 9.13 Å². The third-order valence-electron chi connectivity index (χ3n) is 2.08. The minimum atomic E-state index is -4.50. The highest BCUT2D eigenvalue weighted by Crippen LogP contribution is 2.67. The molecule has 9 heteroatoms. The molecule has 0 aromatic rings. The van der Waals surface area contributed by atoms with E-state index in [4.69, 9.17) is 0 Å². The largest absolute Gasteiger partial charge is 0.480 e. The molecule has 0 aliphatic carbocycles. The first-order valence-electron chi connectivity index (χ1n) is 5.28. The zero-order valence-corrected chi connectivity index (χ0v) is 12.3. The number of rotatable bonds is 0. The smallest absolute Gasteiger partial charge is 0.316 e. The maximum atomic E-state index is 11.5. The lowest BCUT2D eigenvalue weighted by Gasteiger charge is -2.14. The van der Waals surface area contributed by atoms with Crippen molar-refractivity contribution < 1.29 is 27.8 Å². The molecule has 2 unspecified atom stereocenters. The Hall–Kier alpha value is 0.130. The average molecular weight is 314 g/mol. The van der Waals surface area contributed by atoms with Crippen LogP contribution in [0.3, 0.4) is 0 Å². The van der Waals surface area contributed by atoms with Crippen molar-refractivity contribution in [2.75, 3.05) is 12.4 Å². The van der Waals surface area contributed by atoms with Gasteiger partial charge in [-0.05, 0) is 30.6 Å². The Bertz CT molecular complexity index is 421. The second-order valence-electron chi connectivity index (χ2n) is 3.66. The summed E-state index contributed by atoms with van der Waals surface area (Å²) in [5.74, 6) is 0.302. The summed E-state index contributed by atoms with van der Waals surface area (Å²) in [5.41, 5.74) is 0.958. The molecule has 0 saturated carbocycles. The number of hydrogen-bond donors (Lipinski definition) is 2. The topological polar surface area (TPSA) is 93.1 Å². The zero-order chi connectivity index (χ0) is 13.6. The number of allylic oxidation sites excluding steroid dienone is 2. The zero-order valence-electron chi connectivity index (χ0n) is 9.73. The van der Waals surface area contributed by atoms with Gasteiger partial charge in [0.25, 0.3) is 0 Å². The lowest BCUT2D eigenvalue weighted by molar-refractivity contribution is 0.216. The maximum Gasteiger partial charge on any atom is 0.480 e. The van der Waals surface area contributed by atoms with Crippen LogP contribution in [0.2, 0.25) is 0 Å². The van der Waals surface area contributed by atoms with Crippen molar-refractivity contribution in [3.63, 3.8) is 0 Å². The van der Waals surface area contributed by atoms with E-state index in [0.29, 0.717) is 23.6 Å². The van der Waals surface area contributed by atoms with Crippen molar-refractivity contribution in [3.05, 3.63) is 24.3 Å². The van der Waals surface area contributed by atoms with E-state index in [9.17, 15) is 18.9 Å². The molecule has 0 aromatic heterocycles. The van der Waals surface area contributed by atoms with Crippen molar-refractivity contribution in [2.45, 2.75) is 19.3 Å². The van der Waals surface area contributed by atoms with E-state index in [1.807, 2.05) is 0 Å². The first-order chi connectivity index (χ1) is 8.31. The third kappa shape index (κ3) is 6.90. The quantitative estimate of drug-likeness (QED) is 0.523. The minimum Gasteiger partial charge on any atom is -0.316 e. The van der Waals surface area contributed by atoms with Crippen molar-refractivity contribution in [1.29, 1.82) is 0 Å². The van der Waals surface area contributed by atoms with Crippen LogP contribution in [-0.2, 0) is 18.0 Å². The molecule has 1 aliphatic rings. The van der Waals surface area contributed by atoms with Gasteiger partial charge < -0.3 is 9.79 Å². The van der Waals surface area contributed by atoms with Crippen LogP contribution >= 0.6 is 26.0 Å². The molecule has 0 radical (unpaired) electrons. The molecule has 0 spiro atoms. The van der Waals surface area contributed by atoms with Gasteiger partial charge in [-0.15, -0.1) is 0 Å². The van der Waals surface area contributed by atoms with Gasteiger partial charge in [-0.3, -0.25) is 4.52 Å². The normalized spacial score (nSPS) is 38.2. The Kier molecular flexibility index (Phi) is 6.35. The molecular formula is C9H16O6P2S. The van der Waals surface area contributed by atoms with E-state index in [-0.39, 0.29) is 6.61 Å². The fraction of sp³-hybridized carbons (Fsp3) is 0.556. The van der Waals surface area contributed by atoms with Crippen LogP contribution in [0.1, 0.15) is 19.3 Å². The molecule has 1 heterocycles. The Balaban J connectivity index is 2.71. The number of hydrogen-bond acceptors (Lipinski definition) is 5. The van der Waals surface area contributed by atoms with Crippen LogP contribution < -0.4 is 0 Å². The fourth-order valence-electron chi connectivity index (χ4n) is 1.22. The molecule has 1 rings (SSSR count). The van der Waals surface area contributed by atoms with Gasteiger partial charge in [0.15, 0.2) is 0 Å². The molecule has 2 atom stereocenters. The van der Waals surface area contributed by atoms with Gasteiger partial charge in [-0.2, -0.15) is 4.31 Å². The van der Waals surface area contributed by atoms with Gasteiger partial charge in [-0.1, -0.05) is 24.3 Å². The monoisotopic (exact) mass is 314 g/mol. The molecule has 2 N–H and O–H groups in total. The van der Waals surface area contributed by atoms with Crippen LogP contribution in [0, 0.1) is 0 Å². The number of phosphoric ester groups is 1. The second-order valence-corrected chi connectivity index (χ2v) is 9.27. The van der Waals surface area contributed by atoms with Gasteiger partial charge in [0, 0.05) is 5.75 Å². The molecule has 0 saturated heterocycles. The summed E-state index contributed by atoms with van der Waals surface area (Å²) in [7, 11) is -4.50. The summed E-state index contributed by atoms with van der Waals surface area (Å²) in [6.07, 6.45) is 5.44. The highest BCUT2D eigenvalue weighted by molar-refractivity contribution is 8.55. The summed E-state index contributed by atoms with van der Waals surface area (Å²) in [6.45, 7) is -0.488. The van der Waals surface area contributed by atoms with Crippen LogP contribution in [0.4, 0.5) is 0 Å². The van der Waals surface area contributed by atoms with Crippen LogP contribution in [0.15, 0.2) is 24.3 Å². The summed E-state index contributed by atoms with van der Waals surface area (Å²) in [6, 6.07) is 0. The van der Waals surface area contributed by atoms with Gasteiger partial charge in [0.1, 0.15) is 0 Å². The van der Waals surface area contributed by atoms with Crippen molar-refractivity contribution in [2.24, 2.45) is 0 Å². The van der Waals surface area contributed by atoms with E-state index in [1.165, 1.54) is 0 Å². The number of phosphoric acid groups is 1. The second kappa shape index (κ2) is 7.06. The van der Waals surface area contributed by atoms with Crippen LogP contribution in [0.5, 0.6) is 0 Å². The van der Waals surface area contributed by atoms with E-state index < -0.39 is 14.6 Å². The molecule has 0 aromatic carbocycles. The van der Waals surface area contributed by atoms with Crippen LogP contribution in [-0.4, -0.2) is 22.1 Å². The first-order valence-corrected chi connectivity index (χ1v) is 9.95. The van der Waals surface area contributed by atoms with Crippen LogP contribution in [0.25, 0.3) is 0 Å². The predicted molar refractivity (Wildman–Crippen MR) is 71.3 cm³/mol. The SMILES string of the molecule is C=C1CC/C=C\COP(=O)(O)OP(=O)(O)SCC1. The fourth-order valence-corrected chi connectivity index (χ4v) is 5.67. The van der Waals surface area contributed by atoms with Gasteiger partial charge in [0.05, 0.1) is 6.61 Å². The van der Waals surface area contributed by atoms with Gasteiger partial charge in [0.2, 0.25) is 0 Å². The lowest BCUT2D eigenvalue weighted by Crippen LogP contribution is -1.93. The third-order valence-corrected chi connectivity index (χ3v) is 7.05. The Morgan fingerprint density at radius 2 is 2.00 bits per heavy atom. The molecular weight excluding hydrogens is 298 g/mol. The van der Waals surface area contributed by atoms with Crippen molar-refractivity contribution >= 4 is 26.0 Å². The minimum absolute atomic E-state index is 0.148. The first kappa shape index (κ1) is 16.2. The average Bonchev–Trinajstić information content (AvgIpc) is 2.20. The summed E-state index contributed by atoms with van der Waals surface area (Å²) in [5, 5.41) is 0. The molecule has 0 bridgehead atoms. The summed E-state index contributed by atoms with van der Waals surface area (Å²) >= 11 is 0.601. The Labute approximate surface area is 110 Å². The van der Waals surface area contributed by atoms with E-state index in [2.05, 4.69) is 15.4 Å². The van der Waals surface area contributed by atoms with E-state index in [1.54, 1.807) is 12.2 Å². The molecule has 0 fully saturated rings. The molecule has 0 amide bonds. The van der Waals surface area contributed by atoms with E-state index >= 15 is 0 Å².